The lowest BCUT2D eigenvalue weighted by molar-refractivity contribution is 1.19. The number of rotatable bonds is 3. The fourth-order valence-corrected chi connectivity index (χ4v) is 2.71. The molecule has 3 aromatic carbocycles. The third-order valence-electron chi connectivity index (χ3n) is 3.89. The van der Waals surface area contributed by atoms with Crippen molar-refractivity contribution in [3.63, 3.8) is 0 Å². The van der Waals surface area contributed by atoms with E-state index < -0.39 is 0 Å². The summed E-state index contributed by atoms with van der Waals surface area (Å²) in [5.74, 6) is 0. The van der Waals surface area contributed by atoms with Gasteiger partial charge in [0.1, 0.15) is 0 Å². The van der Waals surface area contributed by atoms with Gasteiger partial charge in [0.2, 0.25) is 0 Å². The molecule has 104 valence electrons. The Labute approximate surface area is 126 Å². The molecular weight excluding hydrogens is 254 g/mol. The molecule has 0 N–H and O–H groups in total. The van der Waals surface area contributed by atoms with Crippen molar-refractivity contribution in [1.82, 2.24) is 0 Å². The van der Waals surface area contributed by atoms with Crippen LogP contribution in [0.15, 0.2) is 78.9 Å². The highest BCUT2D eigenvalue weighted by atomic mass is 15.1. The van der Waals surface area contributed by atoms with Crippen LogP contribution in [0.3, 0.4) is 0 Å². The Morgan fingerprint density at radius 2 is 1.29 bits per heavy atom. The summed E-state index contributed by atoms with van der Waals surface area (Å²) in [6.45, 7) is 2.19. The third kappa shape index (κ3) is 2.68. The molecule has 0 aliphatic heterocycles. The molecule has 0 spiro atoms. The van der Waals surface area contributed by atoms with Crippen molar-refractivity contribution in [3.05, 3.63) is 84.4 Å². The summed E-state index contributed by atoms with van der Waals surface area (Å²) in [7, 11) is 2.12. The second kappa shape index (κ2) is 5.84. The molecule has 1 heteroatoms. The molecule has 21 heavy (non-hydrogen) atoms. The van der Waals surface area contributed by atoms with Gasteiger partial charge in [0.05, 0.1) is 0 Å². The van der Waals surface area contributed by atoms with Gasteiger partial charge in [-0.25, -0.2) is 0 Å². The van der Waals surface area contributed by atoms with E-state index in [9.17, 15) is 0 Å². The first-order valence-corrected chi connectivity index (χ1v) is 7.21. The van der Waals surface area contributed by atoms with Crippen molar-refractivity contribution < 1.29 is 0 Å². The molecule has 0 fully saturated rings. The molecule has 0 aliphatic carbocycles. The molecule has 1 nitrogen and oxygen atoms in total. The van der Waals surface area contributed by atoms with Gasteiger partial charge < -0.3 is 4.90 Å². The molecule has 0 aliphatic rings. The molecular formula is C20H19N. The summed E-state index contributed by atoms with van der Waals surface area (Å²) in [6.07, 6.45) is 0. The van der Waals surface area contributed by atoms with E-state index in [1.807, 2.05) is 6.07 Å². The smallest absolute Gasteiger partial charge is 0.0444 e. The summed E-state index contributed by atoms with van der Waals surface area (Å²) in [4.78, 5) is 2.24. The first kappa shape index (κ1) is 13.4. The van der Waals surface area contributed by atoms with Crippen molar-refractivity contribution in [2.24, 2.45) is 0 Å². The SMILES string of the molecule is Cc1c(-c2ccccc2)cccc1N(C)c1ccccc1. The fourth-order valence-electron chi connectivity index (χ4n) is 2.71. The van der Waals surface area contributed by atoms with Crippen molar-refractivity contribution in [3.8, 4) is 11.1 Å². The standard InChI is InChI=1S/C20H19N/c1-16-19(17-10-5-3-6-11-17)14-9-15-20(16)21(2)18-12-7-4-8-13-18/h3-15H,1-2H3. The maximum Gasteiger partial charge on any atom is 0.0444 e. The maximum atomic E-state index is 2.24. The highest BCUT2D eigenvalue weighted by molar-refractivity contribution is 5.77. The molecule has 0 heterocycles. The Morgan fingerprint density at radius 1 is 0.667 bits per heavy atom. The topological polar surface area (TPSA) is 3.24 Å². The van der Waals surface area contributed by atoms with Crippen molar-refractivity contribution in [2.75, 3.05) is 11.9 Å². The first-order chi connectivity index (χ1) is 10.3. The van der Waals surface area contributed by atoms with Crippen LogP contribution in [0, 0.1) is 6.92 Å². The molecule has 0 amide bonds. The fraction of sp³-hybridized carbons (Fsp3) is 0.100. The van der Waals surface area contributed by atoms with Gasteiger partial charge in [0.25, 0.3) is 0 Å². The van der Waals surface area contributed by atoms with Gasteiger partial charge in [0, 0.05) is 18.4 Å². The summed E-state index contributed by atoms with van der Waals surface area (Å²) < 4.78 is 0. The van der Waals surface area contributed by atoms with Crippen molar-refractivity contribution in [1.29, 1.82) is 0 Å². The Balaban J connectivity index is 2.05. The summed E-state index contributed by atoms with van der Waals surface area (Å²) in [6, 6.07) is 27.5. The van der Waals surface area contributed by atoms with Crippen LogP contribution in [-0.2, 0) is 0 Å². The first-order valence-electron chi connectivity index (χ1n) is 7.21. The highest BCUT2D eigenvalue weighted by Crippen LogP contribution is 2.33. The minimum atomic E-state index is 1.20. The summed E-state index contributed by atoms with van der Waals surface area (Å²) in [5.41, 5.74) is 6.29. The second-order valence-corrected chi connectivity index (χ2v) is 5.21. The molecule has 3 aromatic rings. The predicted octanol–water partition coefficient (Wildman–Crippen LogP) is 5.43. The molecule has 0 bridgehead atoms. The Morgan fingerprint density at radius 3 is 1.95 bits per heavy atom. The van der Waals surface area contributed by atoms with Crippen molar-refractivity contribution in [2.45, 2.75) is 6.92 Å². The molecule has 0 radical (unpaired) electrons. The van der Waals surface area contributed by atoms with Gasteiger partial charge in [-0.2, -0.15) is 0 Å². The van der Waals surface area contributed by atoms with E-state index in [0.29, 0.717) is 0 Å². The Bertz CT molecular complexity index is 717. The number of anilines is 2. The largest absolute Gasteiger partial charge is 0.344 e. The zero-order valence-corrected chi connectivity index (χ0v) is 12.5. The molecule has 3 rings (SSSR count). The molecule has 0 saturated carbocycles. The van der Waals surface area contributed by atoms with Crippen LogP contribution >= 0.6 is 0 Å². The van der Waals surface area contributed by atoms with E-state index in [0.717, 1.165) is 0 Å². The predicted molar refractivity (Wildman–Crippen MR) is 91.1 cm³/mol. The Kier molecular flexibility index (Phi) is 3.74. The zero-order valence-electron chi connectivity index (χ0n) is 12.5. The van der Waals surface area contributed by atoms with Crippen LogP contribution < -0.4 is 4.90 Å². The lowest BCUT2D eigenvalue weighted by Gasteiger charge is -2.23. The average Bonchev–Trinajstić information content (AvgIpc) is 2.56. The van der Waals surface area contributed by atoms with E-state index in [4.69, 9.17) is 0 Å². The van der Waals surface area contributed by atoms with E-state index in [1.165, 1.54) is 28.1 Å². The van der Waals surface area contributed by atoms with Crippen LogP contribution in [0.4, 0.5) is 11.4 Å². The second-order valence-electron chi connectivity index (χ2n) is 5.21. The monoisotopic (exact) mass is 273 g/mol. The minimum absolute atomic E-state index is 1.20. The molecule has 0 aromatic heterocycles. The quantitative estimate of drug-likeness (QED) is 0.615. The molecule has 0 atom stereocenters. The number of para-hydroxylation sites is 1. The number of nitrogens with zero attached hydrogens (tertiary/aromatic N) is 1. The number of benzene rings is 3. The van der Waals surface area contributed by atoms with Crippen LogP contribution in [0.1, 0.15) is 5.56 Å². The van der Waals surface area contributed by atoms with E-state index >= 15 is 0 Å². The minimum Gasteiger partial charge on any atom is -0.344 e. The van der Waals surface area contributed by atoms with Gasteiger partial charge in [-0.1, -0.05) is 60.7 Å². The van der Waals surface area contributed by atoms with Gasteiger partial charge in [0.15, 0.2) is 0 Å². The highest BCUT2D eigenvalue weighted by Gasteiger charge is 2.10. The zero-order chi connectivity index (χ0) is 14.7. The van der Waals surface area contributed by atoms with Gasteiger partial charge in [-0.3, -0.25) is 0 Å². The maximum absolute atomic E-state index is 2.24. The normalized spacial score (nSPS) is 10.4. The molecule has 0 unspecified atom stereocenters. The Hall–Kier alpha value is -2.54. The van der Waals surface area contributed by atoms with E-state index in [-0.39, 0.29) is 0 Å². The lowest BCUT2D eigenvalue weighted by atomic mass is 9.98. The molecule has 0 saturated heterocycles. The van der Waals surface area contributed by atoms with Gasteiger partial charge >= 0.3 is 0 Å². The van der Waals surface area contributed by atoms with Crippen LogP contribution in [0.5, 0.6) is 0 Å². The number of hydrogen-bond acceptors (Lipinski definition) is 1. The van der Waals surface area contributed by atoms with Crippen LogP contribution in [-0.4, -0.2) is 7.05 Å². The summed E-state index contributed by atoms with van der Waals surface area (Å²) in [5, 5.41) is 0. The average molecular weight is 273 g/mol. The lowest BCUT2D eigenvalue weighted by Crippen LogP contribution is -2.11. The van der Waals surface area contributed by atoms with E-state index in [1.54, 1.807) is 0 Å². The van der Waals surface area contributed by atoms with Crippen LogP contribution in [0.2, 0.25) is 0 Å². The third-order valence-corrected chi connectivity index (χ3v) is 3.89. The van der Waals surface area contributed by atoms with Crippen molar-refractivity contribution >= 4 is 11.4 Å². The van der Waals surface area contributed by atoms with Gasteiger partial charge in [-0.15, -0.1) is 0 Å². The van der Waals surface area contributed by atoms with Crippen LogP contribution in [0.25, 0.3) is 11.1 Å². The van der Waals surface area contributed by atoms with E-state index in [2.05, 4.69) is 91.7 Å². The summed E-state index contributed by atoms with van der Waals surface area (Å²) >= 11 is 0. The number of hydrogen-bond donors (Lipinski definition) is 0. The van der Waals surface area contributed by atoms with Gasteiger partial charge in [-0.05, 0) is 41.8 Å².